The molecule has 378 valence electrons. The monoisotopic (exact) mass is 1030 g/mol. The van der Waals surface area contributed by atoms with Gasteiger partial charge in [0.05, 0.1) is 63.6 Å². The Labute approximate surface area is 432 Å². The van der Waals surface area contributed by atoms with Gasteiger partial charge in [0, 0.05) is 49.6 Å². The van der Waals surface area contributed by atoms with Crippen LogP contribution < -0.4 is 19.4 Å². The number of aryl methyl sites for hydroxylation is 1. The lowest BCUT2D eigenvalue weighted by molar-refractivity contribution is -0.141. The Balaban J connectivity index is 0.829. The van der Waals surface area contributed by atoms with Crippen molar-refractivity contribution in [2.45, 2.75) is 104 Å². The van der Waals surface area contributed by atoms with E-state index in [1.54, 1.807) is 72.9 Å². The first-order valence-corrected chi connectivity index (χ1v) is 25.7. The van der Waals surface area contributed by atoms with Gasteiger partial charge >= 0.3 is 6.18 Å². The highest BCUT2D eigenvalue weighted by atomic mass is 32.1. The summed E-state index contributed by atoms with van der Waals surface area (Å²) in [5.41, 5.74) is 4.11. The molecule has 3 aliphatic heterocycles. The summed E-state index contributed by atoms with van der Waals surface area (Å²) in [5.74, 6) is 0.922. The normalized spacial score (nSPS) is 19.7. The number of ether oxygens (including phenoxy) is 1. The maximum absolute atomic E-state index is 14.6. The molecule has 9 rings (SSSR count). The van der Waals surface area contributed by atoms with Crippen molar-refractivity contribution in [3.05, 3.63) is 125 Å². The van der Waals surface area contributed by atoms with Crippen LogP contribution in [0.5, 0.6) is 5.75 Å². The van der Waals surface area contributed by atoms with Crippen LogP contribution in [0.2, 0.25) is 0 Å². The molecule has 3 aliphatic rings. The standard InChI is InChI=1S/C55H56F3N9O4S2/c1-32(2)49(51(69)65-27-33(3)22-46(65)47(68)23-34(4)36-8-10-37(11-9-36)50-35(5)62-31-73-50)64-29-45(61-30-64)38-18-20-60-48(24-38)63-21-19-43(28-63)71-42-16-14-40(15-17-42)67-53(72)66(52(70)54(67,6)7)41-13-12-39(26-59)44(25-41)55(56,57)58/h8-18,20,24-25,29-34,43,46,49H,19,21-23,27-28H2,1-7H3/t33-,34-,43+,46+,49?/m1/s1. The maximum atomic E-state index is 14.6. The maximum Gasteiger partial charge on any atom is 0.417 e. The highest BCUT2D eigenvalue weighted by molar-refractivity contribution is 7.81. The number of benzene rings is 3. The lowest BCUT2D eigenvalue weighted by Crippen LogP contribution is -2.45. The van der Waals surface area contributed by atoms with Gasteiger partial charge in [-0.1, -0.05) is 52.0 Å². The van der Waals surface area contributed by atoms with E-state index in [9.17, 15) is 32.8 Å². The van der Waals surface area contributed by atoms with E-state index in [1.807, 2.05) is 54.1 Å². The van der Waals surface area contributed by atoms with Gasteiger partial charge in [-0.25, -0.2) is 15.0 Å². The van der Waals surface area contributed by atoms with Crippen molar-refractivity contribution in [3.63, 3.8) is 0 Å². The van der Waals surface area contributed by atoms with Crippen LogP contribution in [0.3, 0.4) is 0 Å². The first kappa shape index (κ1) is 51.0. The predicted molar refractivity (Wildman–Crippen MR) is 279 cm³/mol. The van der Waals surface area contributed by atoms with E-state index in [4.69, 9.17) is 21.9 Å². The molecule has 3 aromatic heterocycles. The molecule has 0 spiro atoms. The van der Waals surface area contributed by atoms with Gasteiger partial charge in [-0.2, -0.15) is 18.4 Å². The molecule has 0 N–H and O–H groups in total. The van der Waals surface area contributed by atoms with Crippen LogP contribution in [-0.2, 0) is 20.6 Å². The summed E-state index contributed by atoms with van der Waals surface area (Å²) in [6.45, 7) is 15.3. The molecular weight excluding hydrogens is 972 g/mol. The first-order valence-electron chi connectivity index (χ1n) is 24.4. The molecule has 0 radical (unpaired) electrons. The molecule has 1 unspecified atom stereocenters. The number of pyridine rings is 1. The van der Waals surface area contributed by atoms with Crippen molar-refractivity contribution < 1.29 is 32.3 Å². The number of halogens is 3. The fourth-order valence-electron chi connectivity index (χ4n) is 10.4. The van der Waals surface area contributed by atoms with Crippen molar-refractivity contribution in [2.75, 3.05) is 34.3 Å². The molecule has 0 saturated carbocycles. The van der Waals surface area contributed by atoms with Gasteiger partial charge in [0.15, 0.2) is 10.9 Å². The van der Waals surface area contributed by atoms with Crippen molar-refractivity contribution in [1.82, 2.24) is 24.4 Å². The van der Waals surface area contributed by atoms with Gasteiger partial charge in [-0.3, -0.25) is 19.3 Å². The summed E-state index contributed by atoms with van der Waals surface area (Å²) >= 11 is 7.33. The van der Waals surface area contributed by atoms with Crippen LogP contribution in [0.15, 0.2) is 103 Å². The number of ketones is 1. The summed E-state index contributed by atoms with van der Waals surface area (Å²) in [4.78, 5) is 64.0. The third-order valence-electron chi connectivity index (χ3n) is 14.2. The second-order valence-corrected chi connectivity index (χ2v) is 21.5. The Morgan fingerprint density at radius 2 is 1.68 bits per heavy atom. The van der Waals surface area contributed by atoms with Crippen LogP contribution in [0, 0.1) is 30.1 Å². The highest BCUT2D eigenvalue weighted by Crippen LogP contribution is 2.41. The zero-order chi connectivity index (χ0) is 52.1. The molecule has 0 aliphatic carbocycles. The van der Waals surface area contributed by atoms with Crippen LogP contribution in [0.1, 0.15) is 95.1 Å². The average molecular weight is 1030 g/mol. The number of nitrogens with zero attached hydrogens (tertiary/aromatic N) is 9. The number of carbonyl (C=O) groups excluding carboxylic acids is 3. The number of thiocarbonyl (C=S) groups is 1. The second kappa shape index (κ2) is 20.1. The SMILES string of the molecule is Cc1ncsc1-c1ccc([C@H](C)CC(=O)[C@@H]2C[C@@H](C)CN2C(=O)C(C(C)C)n2cnc(-c3ccnc(N4CC[C@H](Oc5ccc(N6C(=S)N(c7ccc(C#N)c(C(F)(F)F)c7)C(=O)C6(C)C)cc5)C4)c3)c2)cc1. The van der Waals surface area contributed by atoms with E-state index >= 15 is 0 Å². The smallest absolute Gasteiger partial charge is 0.417 e. The summed E-state index contributed by atoms with van der Waals surface area (Å²) in [6, 6.07) is 22.9. The summed E-state index contributed by atoms with van der Waals surface area (Å²) in [6.07, 6.45) is 2.06. The lowest BCUT2D eigenvalue weighted by Gasteiger charge is -2.31. The van der Waals surface area contributed by atoms with Crippen molar-refractivity contribution in [3.8, 4) is 33.5 Å². The molecule has 73 heavy (non-hydrogen) atoms. The zero-order valence-corrected chi connectivity index (χ0v) is 43.3. The number of rotatable bonds is 14. The molecule has 6 aromatic rings. The third-order valence-corrected chi connectivity index (χ3v) is 15.6. The molecule has 3 saturated heterocycles. The first-order chi connectivity index (χ1) is 34.7. The summed E-state index contributed by atoms with van der Waals surface area (Å²) in [5, 5.41) is 9.29. The topological polar surface area (TPSA) is 141 Å². The van der Waals surface area contributed by atoms with E-state index in [2.05, 4.69) is 53.0 Å². The highest BCUT2D eigenvalue weighted by Gasteiger charge is 2.51. The molecule has 3 fully saturated rings. The molecule has 0 bridgehead atoms. The number of amides is 2. The third kappa shape index (κ3) is 10.1. The van der Waals surface area contributed by atoms with Gasteiger partial charge in [-0.05, 0) is 123 Å². The van der Waals surface area contributed by atoms with Crippen LogP contribution in [-0.4, -0.2) is 84.4 Å². The fraction of sp³-hybridized carbons (Fsp3) is 0.382. The molecule has 5 atom stereocenters. The molecule has 13 nitrogen and oxygen atoms in total. The number of nitriles is 1. The van der Waals surface area contributed by atoms with Gasteiger partial charge < -0.3 is 24.0 Å². The van der Waals surface area contributed by atoms with Gasteiger partial charge in [0.2, 0.25) is 5.91 Å². The summed E-state index contributed by atoms with van der Waals surface area (Å²) in [7, 11) is 0. The number of anilines is 3. The molecule has 2 amide bonds. The average Bonchev–Trinajstić information content (AvgIpc) is 4.22. The lowest BCUT2D eigenvalue weighted by atomic mass is 9.91. The number of thiazole rings is 1. The van der Waals surface area contributed by atoms with E-state index in [0.29, 0.717) is 49.6 Å². The number of Topliss-reactive ketones (excluding diaryl/α,β-unsaturated/α-hetero) is 1. The van der Waals surface area contributed by atoms with Crippen molar-refractivity contribution in [2.24, 2.45) is 11.8 Å². The van der Waals surface area contributed by atoms with Crippen LogP contribution in [0.4, 0.5) is 30.4 Å². The van der Waals surface area contributed by atoms with Gasteiger partial charge in [0.25, 0.3) is 5.91 Å². The van der Waals surface area contributed by atoms with E-state index in [1.165, 1.54) is 6.07 Å². The Morgan fingerprint density at radius 1 is 0.959 bits per heavy atom. The zero-order valence-electron chi connectivity index (χ0n) is 41.6. The van der Waals surface area contributed by atoms with E-state index < -0.39 is 40.8 Å². The van der Waals surface area contributed by atoms with Crippen LogP contribution in [0.25, 0.3) is 21.7 Å². The van der Waals surface area contributed by atoms with Crippen LogP contribution >= 0.6 is 23.6 Å². The van der Waals surface area contributed by atoms with Gasteiger partial charge in [0.1, 0.15) is 29.3 Å². The minimum absolute atomic E-state index is 0.00329. The minimum atomic E-state index is -4.80. The predicted octanol–water partition coefficient (Wildman–Crippen LogP) is 11.0. The Bertz CT molecular complexity index is 3110. The van der Waals surface area contributed by atoms with E-state index in [-0.39, 0.29) is 46.3 Å². The number of imidazole rings is 1. The number of hydrogen-bond acceptors (Lipinski definition) is 11. The number of carbonyl (C=O) groups is 3. The molecule has 6 heterocycles. The van der Waals surface area contributed by atoms with E-state index in [0.717, 1.165) is 56.5 Å². The number of likely N-dealkylation sites (tertiary alicyclic amines) is 1. The Kier molecular flexibility index (Phi) is 14.1. The number of aromatic nitrogens is 4. The van der Waals surface area contributed by atoms with Gasteiger partial charge in [-0.15, -0.1) is 11.3 Å². The quantitative estimate of drug-likeness (QED) is 0.0963. The molecular formula is C55H56F3N9O4S2. The van der Waals surface area contributed by atoms with Crippen molar-refractivity contribution in [1.29, 1.82) is 5.26 Å². The largest absolute Gasteiger partial charge is 0.489 e. The molecule has 18 heteroatoms. The Morgan fingerprint density at radius 3 is 2.36 bits per heavy atom. The Hall–Kier alpha value is -6.97. The fourth-order valence-corrected chi connectivity index (χ4v) is 11.7. The minimum Gasteiger partial charge on any atom is -0.489 e. The molecule has 3 aromatic carbocycles. The number of hydrogen-bond donors (Lipinski definition) is 0. The second-order valence-electron chi connectivity index (χ2n) is 20.2. The van der Waals surface area contributed by atoms with Crippen molar-refractivity contribution >= 4 is 63.5 Å². The summed E-state index contributed by atoms with van der Waals surface area (Å²) < 4.78 is 49.8. The number of alkyl halides is 3.